The highest BCUT2D eigenvalue weighted by Crippen LogP contribution is 2.17. The maximum absolute atomic E-state index is 11.8. The molecule has 0 saturated carbocycles. The number of nitrogens with zero attached hydrogens (tertiary/aromatic N) is 2. The third-order valence-corrected chi connectivity index (χ3v) is 3.94. The third-order valence-electron chi connectivity index (χ3n) is 3.94. The number of H-pyrrole nitrogens is 1. The second kappa shape index (κ2) is 6.13. The summed E-state index contributed by atoms with van der Waals surface area (Å²) in [4.78, 5) is 28.1. The molecule has 0 amide bonds. The average molecular weight is 281 g/mol. The van der Waals surface area contributed by atoms with Crippen molar-refractivity contribution in [2.45, 2.75) is 26.8 Å². The van der Waals surface area contributed by atoms with E-state index in [1.54, 1.807) is 0 Å². The van der Waals surface area contributed by atoms with E-state index in [0.29, 0.717) is 24.7 Å². The van der Waals surface area contributed by atoms with Crippen LogP contribution in [-0.2, 0) is 6.54 Å². The fourth-order valence-electron chi connectivity index (χ4n) is 2.69. The lowest BCUT2D eigenvalue weighted by atomic mass is 10.1. The SMILES string of the molecule is CCN1CCC(CNc2c(N)n(CC)c(=O)[nH]c2=O)C1. The third kappa shape index (κ3) is 2.87. The standard InChI is InChI=1S/C13H23N5O2/c1-3-17-6-5-9(8-17)7-15-10-11(14)18(4-2)13(20)16-12(10)19/h9,15H,3-8,14H2,1-2H3,(H,16,19,20). The fraction of sp³-hybridized carbons (Fsp3) is 0.692. The number of hydrogen-bond donors (Lipinski definition) is 3. The van der Waals surface area contributed by atoms with Gasteiger partial charge in [-0.05, 0) is 32.4 Å². The Morgan fingerprint density at radius 2 is 2.10 bits per heavy atom. The van der Waals surface area contributed by atoms with E-state index in [9.17, 15) is 9.59 Å². The molecule has 0 aromatic carbocycles. The number of aromatic amines is 1. The first-order chi connectivity index (χ1) is 9.56. The van der Waals surface area contributed by atoms with Crippen LogP contribution in [0.2, 0.25) is 0 Å². The zero-order chi connectivity index (χ0) is 14.7. The Morgan fingerprint density at radius 3 is 2.70 bits per heavy atom. The van der Waals surface area contributed by atoms with Crippen LogP contribution < -0.4 is 22.3 Å². The molecule has 20 heavy (non-hydrogen) atoms. The highest BCUT2D eigenvalue weighted by molar-refractivity contribution is 5.60. The predicted octanol–water partition coefficient (Wildman–Crippen LogP) is -0.108. The molecule has 7 nitrogen and oxygen atoms in total. The van der Waals surface area contributed by atoms with Crippen molar-refractivity contribution in [3.63, 3.8) is 0 Å². The van der Waals surface area contributed by atoms with E-state index in [-0.39, 0.29) is 5.82 Å². The Labute approximate surface area is 117 Å². The monoisotopic (exact) mass is 281 g/mol. The summed E-state index contributed by atoms with van der Waals surface area (Å²) >= 11 is 0. The average Bonchev–Trinajstić information content (AvgIpc) is 2.86. The summed E-state index contributed by atoms with van der Waals surface area (Å²) in [7, 11) is 0. The minimum Gasteiger partial charge on any atom is -0.383 e. The highest BCUT2D eigenvalue weighted by atomic mass is 16.2. The van der Waals surface area contributed by atoms with Crippen molar-refractivity contribution in [3.05, 3.63) is 20.8 Å². The van der Waals surface area contributed by atoms with E-state index in [1.165, 1.54) is 4.57 Å². The first-order valence-corrected chi connectivity index (χ1v) is 7.15. The molecule has 0 radical (unpaired) electrons. The molecule has 1 aliphatic heterocycles. The number of nitrogen functional groups attached to an aromatic ring is 1. The lowest BCUT2D eigenvalue weighted by Crippen LogP contribution is -2.34. The zero-order valence-corrected chi connectivity index (χ0v) is 12.1. The van der Waals surface area contributed by atoms with E-state index in [1.807, 2.05) is 6.92 Å². The largest absolute Gasteiger partial charge is 0.383 e. The van der Waals surface area contributed by atoms with Gasteiger partial charge < -0.3 is 16.0 Å². The molecule has 4 N–H and O–H groups in total. The van der Waals surface area contributed by atoms with Crippen LogP contribution in [0.15, 0.2) is 9.59 Å². The van der Waals surface area contributed by atoms with Crippen LogP contribution in [0.5, 0.6) is 0 Å². The van der Waals surface area contributed by atoms with Gasteiger partial charge in [0.15, 0.2) is 0 Å². The molecule has 0 aliphatic carbocycles. The van der Waals surface area contributed by atoms with Crippen LogP contribution in [0.25, 0.3) is 0 Å². The molecule has 2 rings (SSSR count). The van der Waals surface area contributed by atoms with Crippen LogP contribution in [0.1, 0.15) is 20.3 Å². The van der Waals surface area contributed by atoms with Crippen molar-refractivity contribution in [2.75, 3.05) is 37.2 Å². The van der Waals surface area contributed by atoms with Gasteiger partial charge in [0.25, 0.3) is 5.56 Å². The molecule has 1 aliphatic rings. The summed E-state index contributed by atoms with van der Waals surface area (Å²) in [6.45, 7) is 8.29. The second-order valence-electron chi connectivity index (χ2n) is 5.19. The summed E-state index contributed by atoms with van der Waals surface area (Å²) in [5, 5.41) is 3.11. The highest BCUT2D eigenvalue weighted by Gasteiger charge is 2.21. The van der Waals surface area contributed by atoms with Crippen molar-refractivity contribution in [3.8, 4) is 0 Å². The second-order valence-corrected chi connectivity index (χ2v) is 5.19. The Balaban J connectivity index is 2.10. The first kappa shape index (κ1) is 14.6. The van der Waals surface area contributed by atoms with Crippen molar-refractivity contribution in [1.29, 1.82) is 0 Å². The van der Waals surface area contributed by atoms with Gasteiger partial charge in [-0.25, -0.2) is 4.79 Å². The van der Waals surface area contributed by atoms with Crippen molar-refractivity contribution in [1.82, 2.24) is 14.5 Å². The van der Waals surface area contributed by atoms with Crippen molar-refractivity contribution < 1.29 is 0 Å². The van der Waals surface area contributed by atoms with Gasteiger partial charge in [-0.3, -0.25) is 14.3 Å². The summed E-state index contributed by atoms with van der Waals surface area (Å²) in [5.41, 5.74) is 5.31. The van der Waals surface area contributed by atoms with Crippen LogP contribution in [-0.4, -0.2) is 40.6 Å². The number of likely N-dealkylation sites (tertiary alicyclic amines) is 1. The fourth-order valence-corrected chi connectivity index (χ4v) is 2.69. The van der Waals surface area contributed by atoms with Crippen molar-refractivity contribution in [2.24, 2.45) is 5.92 Å². The van der Waals surface area contributed by atoms with Gasteiger partial charge in [0, 0.05) is 19.6 Å². The van der Waals surface area contributed by atoms with Crippen LogP contribution in [0, 0.1) is 5.92 Å². The molecule has 112 valence electrons. The molecule has 1 unspecified atom stereocenters. The summed E-state index contributed by atoms with van der Waals surface area (Å²) < 4.78 is 1.36. The first-order valence-electron chi connectivity index (χ1n) is 7.15. The predicted molar refractivity (Wildman–Crippen MR) is 80.1 cm³/mol. The lowest BCUT2D eigenvalue weighted by molar-refractivity contribution is 0.345. The summed E-state index contributed by atoms with van der Waals surface area (Å²) in [6.07, 6.45) is 1.12. The topological polar surface area (TPSA) is 96.2 Å². The molecule has 1 aromatic rings. The molecular weight excluding hydrogens is 258 g/mol. The smallest absolute Gasteiger partial charge is 0.330 e. The lowest BCUT2D eigenvalue weighted by Gasteiger charge is -2.16. The number of rotatable bonds is 5. The molecule has 7 heteroatoms. The minimum atomic E-state index is -0.460. The van der Waals surface area contributed by atoms with Gasteiger partial charge in [-0.1, -0.05) is 6.92 Å². The Bertz CT molecular complexity index is 577. The zero-order valence-electron chi connectivity index (χ0n) is 12.1. The normalized spacial score (nSPS) is 19.4. The van der Waals surface area contributed by atoms with Gasteiger partial charge in [-0.2, -0.15) is 0 Å². The van der Waals surface area contributed by atoms with Crippen molar-refractivity contribution >= 4 is 11.5 Å². The number of aromatic nitrogens is 2. The summed E-state index contributed by atoms with van der Waals surface area (Å²) in [5.74, 6) is 0.724. The molecule has 0 spiro atoms. The maximum atomic E-state index is 11.8. The number of hydrogen-bond acceptors (Lipinski definition) is 5. The molecule has 1 saturated heterocycles. The van der Waals surface area contributed by atoms with Crippen LogP contribution in [0.4, 0.5) is 11.5 Å². The van der Waals surface area contributed by atoms with Gasteiger partial charge in [-0.15, -0.1) is 0 Å². The van der Waals surface area contributed by atoms with E-state index < -0.39 is 11.2 Å². The molecular formula is C13H23N5O2. The molecule has 1 aromatic heterocycles. The molecule has 1 atom stereocenters. The Hall–Kier alpha value is -1.76. The summed E-state index contributed by atoms with van der Waals surface area (Å²) in [6, 6.07) is 0. The van der Waals surface area contributed by atoms with Crippen LogP contribution in [0.3, 0.4) is 0 Å². The quantitative estimate of drug-likeness (QED) is 0.700. The molecule has 2 heterocycles. The van der Waals surface area contributed by atoms with Gasteiger partial charge in [0.1, 0.15) is 11.5 Å². The van der Waals surface area contributed by atoms with E-state index in [0.717, 1.165) is 26.1 Å². The minimum absolute atomic E-state index is 0.214. The van der Waals surface area contributed by atoms with E-state index in [2.05, 4.69) is 22.1 Å². The Kier molecular flexibility index (Phi) is 4.49. The number of anilines is 2. The number of nitrogens with two attached hydrogens (primary N) is 1. The number of nitrogens with one attached hydrogen (secondary N) is 2. The van der Waals surface area contributed by atoms with Gasteiger partial charge >= 0.3 is 5.69 Å². The van der Waals surface area contributed by atoms with Gasteiger partial charge in [0.05, 0.1) is 0 Å². The Morgan fingerprint density at radius 1 is 1.35 bits per heavy atom. The van der Waals surface area contributed by atoms with E-state index >= 15 is 0 Å². The maximum Gasteiger partial charge on any atom is 0.330 e. The molecule has 1 fully saturated rings. The van der Waals surface area contributed by atoms with Gasteiger partial charge in [0.2, 0.25) is 0 Å². The molecule has 0 bridgehead atoms. The van der Waals surface area contributed by atoms with E-state index in [4.69, 9.17) is 5.73 Å². The van der Waals surface area contributed by atoms with Crippen LogP contribution >= 0.6 is 0 Å².